The van der Waals surface area contributed by atoms with Crippen molar-refractivity contribution in [3.63, 3.8) is 0 Å². The van der Waals surface area contributed by atoms with Gasteiger partial charge in [0.1, 0.15) is 11.6 Å². The van der Waals surface area contributed by atoms with Gasteiger partial charge in [-0.3, -0.25) is 9.59 Å². The van der Waals surface area contributed by atoms with E-state index >= 15 is 0 Å². The van der Waals surface area contributed by atoms with Crippen LogP contribution in [0.25, 0.3) is 0 Å². The highest BCUT2D eigenvalue weighted by Crippen LogP contribution is 2.20. The maximum atomic E-state index is 12.8. The molecule has 1 N–H and O–H groups in total. The molecule has 3 rings (SSSR count). The lowest BCUT2D eigenvalue weighted by atomic mass is 10.1. The summed E-state index contributed by atoms with van der Waals surface area (Å²) in [5, 5.41) is 2.80. The van der Waals surface area contributed by atoms with Crippen LogP contribution < -0.4 is 5.32 Å². The number of likely N-dealkylation sites (tertiary alicyclic amines) is 1. The smallest absolute Gasteiger partial charge is 0.225 e. The molecule has 2 aromatic rings. The first-order valence-electron chi connectivity index (χ1n) is 7.44. The quantitative estimate of drug-likeness (QED) is 0.918. The van der Waals surface area contributed by atoms with Crippen molar-refractivity contribution in [2.45, 2.75) is 19.5 Å². The minimum atomic E-state index is -0.363. The maximum Gasteiger partial charge on any atom is 0.225 e. The molecule has 0 aliphatic carbocycles. The Morgan fingerprint density at radius 2 is 2.09 bits per heavy atom. The van der Waals surface area contributed by atoms with Crippen molar-refractivity contribution in [1.82, 2.24) is 10.2 Å². The Kier molecular flexibility index (Phi) is 4.41. The van der Waals surface area contributed by atoms with E-state index in [1.807, 2.05) is 0 Å². The summed E-state index contributed by atoms with van der Waals surface area (Å²) < 4.78 is 18.1. The molecule has 1 atom stereocenters. The number of amides is 2. The van der Waals surface area contributed by atoms with E-state index in [0.717, 1.165) is 5.56 Å². The predicted octanol–water partition coefficient (Wildman–Crippen LogP) is 2.08. The fourth-order valence-electron chi connectivity index (χ4n) is 2.63. The van der Waals surface area contributed by atoms with Crippen LogP contribution >= 0.6 is 0 Å². The highest BCUT2D eigenvalue weighted by atomic mass is 19.1. The lowest BCUT2D eigenvalue weighted by Crippen LogP contribution is -2.32. The van der Waals surface area contributed by atoms with Crippen molar-refractivity contribution in [2.24, 2.45) is 5.92 Å². The molecule has 0 unspecified atom stereocenters. The van der Waals surface area contributed by atoms with Gasteiger partial charge < -0.3 is 14.6 Å². The third kappa shape index (κ3) is 3.77. The SMILES string of the molecule is O=C(NCc1ccc(F)cc1)[C@@H]1CC(=O)N(Cc2ccco2)C1. The molecule has 1 aliphatic heterocycles. The summed E-state index contributed by atoms with van der Waals surface area (Å²) in [6.07, 6.45) is 1.76. The third-order valence-electron chi connectivity index (χ3n) is 3.89. The molecular weight excluding hydrogens is 299 g/mol. The van der Waals surface area contributed by atoms with Gasteiger partial charge in [-0.25, -0.2) is 4.39 Å². The summed E-state index contributed by atoms with van der Waals surface area (Å²) in [4.78, 5) is 25.8. The zero-order valence-corrected chi connectivity index (χ0v) is 12.5. The zero-order chi connectivity index (χ0) is 16.2. The number of benzene rings is 1. The van der Waals surface area contributed by atoms with E-state index in [1.165, 1.54) is 12.1 Å². The van der Waals surface area contributed by atoms with Crippen LogP contribution in [-0.2, 0) is 22.7 Å². The lowest BCUT2D eigenvalue weighted by Gasteiger charge is -2.15. The Morgan fingerprint density at radius 3 is 2.78 bits per heavy atom. The highest BCUT2D eigenvalue weighted by Gasteiger charge is 2.34. The molecule has 1 aromatic carbocycles. The molecule has 0 spiro atoms. The first-order valence-corrected chi connectivity index (χ1v) is 7.44. The van der Waals surface area contributed by atoms with Crippen molar-refractivity contribution < 1.29 is 18.4 Å². The molecule has 23 heavy (non-hydrogen) atoms. The van der Waals surface area contributed by atoms with E-state index in [4.69, 9.17) is 4.42 Å². The summed E-state index contributed by atoms with van der Waals surface area (Å²) in [6, 6.07) is 9.52. The highest BCUT2D eigenvalue weighted by molar-refractivity contribution is 5.89. The fraction of sp³-hybridized carbons (Fsp3) is 0.294. The molecule has 1 saturated heterocycles. The van der Waals surface area contributed by atoms with Gasteiger partial charge in [0, 0.05) is 19.5 Å². The normalized spacial score (nSPS) is 17.5. The van der Waals surface area contributed by atoms with E-state index in [9.17, 15) is 14.0 Å². The first-order chi connectivity index (χ1) is 11.1. The fourth-order valence-corrected chi connectivity index (χ4v) is 2.63. The molecular formula is C17H17FN2O3. The summed E-state index contributed by atoms with van der Waals surface area (Å²) >= 11 is 0. The first kappa shape index (κ1) is 15.3. The van der Waals surface area contributed by atoms with E-state index < -0.39 is 0 Å². The Labute approximate surface area is 133 Å². The van der Waals surface area contributed by atoms with Gasteiger partial charge in [-0.05, 0) is 29.8 Å². The molecule has 5 nitrogen and oxygen atoms in total. The minimum absolute atomic E-state index is 0.0525. The number of carbonyl (C=O) groups is 2. The average molecular weight is 316 g/mol. The number of furan rings is 1. The maximum absolute atomic E-state index is 12.8. The van der Waals surface area contributed by atoms with Crippen LogP contribution in [-0.4, -0.2) is 23.3 Å². The summed E-state index contributed by atoms with van der Waals surface area (Å²) in [7, 11) is 0. The van der Waals surface area contributed by atoms with Crippen molar-refractivity contribution >= 4 is 11.8 Å². The molecule has 1 aromatic heterocycles. The van der Waals surface area contributed by atoms with E-state index in [-0.39, 0.29) is 30.0 Å². The van der Waals surface area contributed by atoms with Gasteiger partial charge in [-0.1, -0.05) is 12.1 Å². The molecule has 2 amide bonds. The Morgan fingerprint density at radius 1 is 1.30 bits per heavy atom. The minimum Gasteiger partial charge on any atom is -0.467 e. The van der Waals surface area contributed by atoms with Crippen LogP contribution in [0.5, 0.6) is 0 Å². The van der Waals surface area contributed by atoms with Crippen molar-refractivity contribution in [1.29, 1.82) is 0 Å². The third-order valence-corrected chi connectivity index (χ3v) is 3.89. The van der Waals surface area contributed by atoms with Gasteiger partial charge in [-0.15, -0.1) is 0 Å². The van der Waals surface area contributed by atoms with Crippen LogP contribution in [0.1, 0.15) is 17.7 Å². The molecule has 0 radical (unpaired) electrons. The van der Waals surface area contributed by atoms with Crippen molar-refractivity contribution in [2.75, 3.05) is 6.54 Å². The number of nitrogens with one attached hydrogen (secondary N) is 1. The summed E-state index contributed by atoms with van der Waals surface area (Å²) in [5.41, 5.74) is 0.816. The number of halogens is 1. The number of hydrogen-bond donors (Lipinski definition) is 1. The van der Waals surface area contributed by atoms with Crippen LogP contribution in [0.4, 0.5) is 4.39 Å². The van der Waals surface area contributed by atoms with Gasteiger partial charge in [0.05, 0.1) is 18.7 Å². The van der Waals surface area contributed by atoms with Crippen molar-refractivity contribution in [3.05, 3.63) is 59.8 Å². The Hall–Kier alpha value is -2.63. The Balaban J connectivity index is 1.52. The van der Waals surface area contributed by atoms with Gasteiger partial charge >= 0.3 is 0 Å². The monoisotopic (exact) mass is 316 g/mol. The molecule has 1 fully saturated rings. The van der Waals surface area contributed by atoms with Crippen molar-refractivity contribution in [3.8, 4) is 0 Å². The van der Waals surface area contributed by atoms with Crippen LogP contribution in [0.3, 0.4) is 0 Å². The van der Waals surface area contributed by atoms with E-state index in [2.05, 4.69) is 5.32 Å². The second-order valence-corrected chi connectivity index (χ2v) is 5.60. The standard InChI is InChI=1S/C17H17FN2O3/c18-14-5-3-12(4-6-14)9-19-17(22)13-8-16(21)20(10-13)11-15-2-1-7-23-15/h1-7,13H,8-11H2,(H,19,22)/t13-/m1/s1. The number of rotatable bonds is 5. The number of nitrogens with zero attached hydrogens (tertiary/aromatic N) is 1. The topological polar surface area (TPSA) is 62.6 Å². The van der Waals surface area contributed by atoms with Crippen LogP contribution in [0, 0.1) is 11.7 Å². The second-order valence-electron chi connectivity index (χ2n) is 5.60. The molecule has 6 heteroatoms. The Bertz CT molecular complexity index is 682. The largest absolute Gasteiger partial charge is 0.467 e. The molecule has 1 aliphatic rings. The number of carbonyl (C=O) groups excluding carboxylic acids is 2. The predicted molar refractivity (Wildman–Crippen MR) is 80.5 cm³/mol. The number of hydrogen-bond acceptors (Lipinski definition) is 3. The van der Waals surface area contributed by atoms with Gasteiger partial charge in [0.15, 0.2) is 0 Å². The molecule has 2 heterocycles. The van der Waals surface area contributed by atoms with E-state index in [0.29, 0.717) is 25.4 Å². The zero-order valence-electron chi connectivity index (χ0n) is 12.5. The molecule has 0 bridgehead atoms. The second kappa shape index (κ2) is 6.64. The molecule has 0 saturated carbocycles. The van der Waals surface area contributed by atoms with Gasteiger partial charge in [0.2, 0.25) is 11.8 Å². The van der Waals surface area contributed by atoms with Crippen LogP contribution in [0.15, 0.2) is 47.1 Å². The van der Waals surface area contributed by atoms with Gasteiger partial charge in [-0.2, -0.15) is 0 Å². The van der Waals surface area contributed by atoms with Crippen LogP contribution in [0.2, 0.25) is 0 Å². The average Bonchev–Trinajstić information content (AvgIpc) is 3.17. The summed E-state index contributed by atoms with van der Waals surface area (Å²) in [5.74, 6) is -0.188. The molecule has 120 valence electrons. The van der Waals surface area contributed by atoms with E-state index in [1.54, 1.807) is 35.4 Å². The van der Waals surface area contributed by atoms with Gasteiger partial charge in [0.25, 0.3) is 0 Å². The summed E-state index contributed by atoms with van der Waals surface area (Å²) in [6.45, 7) is 1.09. The lowest BCUT2D eigenvalue weighted by molar-refractivity contribution is -0.129.